The van der Waals surface area contributed by atoms with Gasteiger partial charge in [-0.1, -0.05) is 42.4 Å². The van der Waals surface area contributed by atoms with Gasteiger partial charge in [0.2, 0.25) is 11.1 Å². The number of aromatic nitrogens is 4. The van der Waals surface area contributed by atoms with Gasteiger partial charge in [-0.15, -0.1) is 5.10 Å². The second-order valence-electron chi connectivity index (χ2n) is 5.91. The Kier molecular flexibility index (Phi) is 6.84. The van der Waals surface area contributed by atoms with Gasteiger partial charge in [0.25, 0.3) is 0 Å². The van der Waals surface area contributed by atoms with Gasteiger partial charge in [-0.25, -0.2) is 4.79 Å². The Morgan fingerprint density at radius 3 is 2.66 bits per heavy atom. The summed E-state index contributed by atoms with van der Waals surface area (Å²) < 4.78 is 6.30. The number of halogens is 1. The molecule has 150 valence electrons. The maximum atomic E-state index is 12.4. The topological polar surface area (TPSA) is 99.0 Å². The lowest BCUT2D eigenvalue weighted by Gasteiger charge is -2.10. The standard InChI is InChI=1S/C19H18ClN5O3S/c1-3-12-4-7-14(8-5-12)25-19(22-23-24-25)29-11-17(26)21-16-10-13(20)6-9-15(16)18(27)28-2/h4-10H,3,11H2,1-2H3,(H,21,26). The first-order valence-electron chi connectivity index (χ1n) is 8.70. The van der Waals surface area contributed by atoms with Crippen LogP contribution in [0.1, 0.15) is 22.8 Å². The number of aryl methyl sites for hydroxylation is 1. The van der Waals surface area contributed by atoms with E-state index in [4.69, 9.17) is 16.3 Å². The Hall–Kier alpha value is -2.91. The molecule has 1 N–H and O–H groups in total. The first kappa shape index (κ1) is 20.8. The Bertz CT molecular complexity index is 1020. The van der Waals surface area contributed by atoms with Crippen molar-refractivity contribution in [3.8, 4) is 5.69 Å². The molecule has 2 aromatic carbocycles. The monoisotopic (exact) mass is 431 g/mol. The molecule has 3 aromatic rings. The van der Waals surface area contributed by atoms with Crippen molar-refractivity contribution in [1.29, 1.82) is 0 Å². The number of methoxy groups -OCH3 is 1. The Morgan fingerprint density at radius 1 is 1.21 bits per heavy atom. The number of ether oxygens (including phenoxy) is 1. The molecule has 0 unspecified atom stereocenters. The quantitative estimate of drug-likeness (QED) is 0.452. The van der Waals surface area contributed by atoms with E-state index >= 15 is 0 Å². The summed E-state index contributed by atoms with van der Waals surface area (Å²) in [6.07, 6.45) is 0.939. The molecule has 10 heteroatoms. The number of nitrogens with zero attached hydrogens (tertiary/aromatic N) is 4. The van der Waals surface area contributed by atoms with E-state index in [9.17, 15) is 9.59 Å². The molecule has 1 aromatic heterocycles. The Labute approximate surface area is 176 Å². The van der Waals surface area contributed by atoms with Crippen molar-refractivity contribution in [1.82, 2.24) is 20.2 Å². The molecule has 0 aliphatic carbocycles. The normalized spacial score (nSPS) is 10.6. The number of hydrogen-bond donors (Lipinski definition) is 1. The fourth-order valence-corrected chi connectivity index (χ4v) is 3.39. The van der Waals surface area contributed by atoms with Gasteiger partial charge in [0.05, 0.1) is 29.8 Å². The maximum absolute atomic E-state index is 12.4. The summed E-state index contributed by atoms with van der Waals surface area (Å²) in [6, 6.07) is 12.4. The molecule has 29 heavy (non-hydrogen) atoms. The number of carbonyl (C=O) groups excluding carboxylic acids is 2. The number of rotatable bonds is 7. The third-order valence-electron chi connectivity index (χ3n) is 4.02. The molecule has 0 saturated heterocycles. The lowest BCUT2D eigenvalue weighted by Crippen LogP contribution is -2.17. The van der Waals surface area contributed by atoms with E-state index in [2.05, 4.69) is 27.8 Å². The molecule has 8 nitrogen and oxygen atoms in total. The minimum absolute atomic E-state index is 0.0422. The van der Waals surface area contributed by atoms with Crippen molar-refractivity contribution >= 4 is 40.9 Å². The van der Waals surface area contributed by atoms with Crippen LogP contribution in [0.3, 0.4) is 0 Å². The van der Waals surface area contributed by atoms with Crippen LogP contribution < -0.4 is 5.32 Å². The van der Waals surface area contributed by atoms with Gasteiger partial charge < -0.3 is 10.1 Å². The molecule has 0 fully saturated rings. The summed E-state index contributed by atoms with van der Waals surface area (Å²) in [6.45, 7) is 2.08. The number of tetrazole rings is 1. The van der Waals surface area contributed by atoms with Crippen LogP contribution in [-0.4, -0.2) is 44.9 Å². The van der Waals surface area contributed by atoms with Crippen LogP contribution in [0.4, 0.5) is 5.69 Å². The summed E-state index contributed by atoms with van der Waals surface area (Å²) in [5.41, 5.74) is 2.51. The largest absolute Gasteiger partial charge is 0.465 e. The van der Waals surface area contributed by atoms with E-state index in [1.807, 2.05) is 24.3 Å². The van der Waals surface area contributed by atoms with Crippen LogP contribution in [0.2, 0.25) is 5.02 Å². The summed E-state index contributed by atoms with van der Waals surface area (Å²) in [7, 11) is 1.27. The summed E-state index contributed by atoms with van der Waals surface area (Å²) >= 11 is 7.15. The van der Waals surface area contributed by atoms with E-state index in [0.29, 0.717) is 10.2 Å². The van der Waals surface area contributed by atoms with Crippen LogP contribution in [-0.2, 0) is 16.0 Å². The first-order chi connectivity index (χ1) is 14.0. The fourth-order valence-electron chi connectivity index (χ4n) is 2.53. The van der Waals surface area contributed by atoms with Crippen LogP contribution >= 0.6 is 23.4 Å². The highest BCUT2D eigenvalue weighted by molar-refractivity contribution is 7.99. The zero-order chi connectivity index (χ0) is 20.8. The average molecular weight is 432 g/mol. The third-order valence-corrected chi connectivity index (χ3v) is 5.18. The molecular formula is C19H18ClN5O3S. The van der Waals surface area contributed by atoms with Gasteiger partial charge in [-0.05, 0) is 52.7 Å². The van der Waals surface area contributed by atoms with Gasteiger partial charge in [0.1, 0.15) is 0 Å². The SMILES string of the molecule is CCc1ccc(-n2nnnc2SCC(=O)Nc2cc(Cl)ccc2C(=O)OC)cc1. The predicted octanol–water partition coefficient (Wildman–Crippen LogP) is 3.40. The van der Waals surface area contributed by atoms with Crippen molar-refractivity contribution in [2.75, 3.05) is 18.2 Å². The van der Waals surface area contributed by atoms with Crippen molar-refractivity contribution < 1.29 is 14.3 Å². The number of hydrogen-bond acceptors (Lipinski definition) is 7. The number of anilines is 1. The van der Waals surface area contributed by atoms with Crippen LogP contribution in [0.15, 0.2) is 47.6 Å². The number of benzene rings is 2. The lowest BCUT2D eigenvalue weighted by molar-refractivity contribution is -0.113. The molecule has 0 spiro atoms. The van der Waals surface area contributed by atoms with E-state index in [0.717, 1.165) is 12.1 Å². The molecule has 3 rings (SSSR count). The van der Waals surface area contributed by atoms with Crippen LogP contribution in [0.5, 0.6) is 0 Å². The third kappa shape index (κ3) is 5.12. The van der Waals surface area contributed by atoms with Gasteiger partial charge in [0.15, 0.2) is 0 Å². The van der Waals surface area contributed by atoms with Gasteiger partial charge in [-0.2, -0.15) is 4.68 Å². The molecule has 0 bridgehead atoms. The zero-order valence-corrected chi connectivity index (χ0v) is 17.3. The predicted molar refractivity (Wildman–Crippen MR) is 111 cm³/mol. The van der Waals surface area contributed by atoms with Crippen molar-refractivity contribution in [2.24, 2.45) is 0 Å². The molecule has 0 aliphatic heterocycles. The number of nitrogens with one attached hydrogen (secondary N) is 1. The molecule has 0 radical (unpaired) electrons. The van der Waals surface area contributed by atoms with Gasteiger partial charge >= 0.3 is 5.97 Å². The first-order valence-corrected chi connectivity index (χ1v) is 10.1. The summed E-state index contributed by atoms with van der Waals surface area (Å²) in [5, 5.41) is 15.2. The van der Waals surface area contributed by atoms with Gasteiger partial charge in [-0.3, -0.25) is 4.79 Å². The number of thioether (sulfide) groups is 1. The van der Waals surface area contributed by atoms with Crippen molar-refractivity contribution in [3.63, 3.8) is 0 Å². The molecule has 1 amide bonds. The van der Waals surface area contributed by atoms with E-state index in [1.54, 1.807) is 10.7 Å². The Morgan fingerprint density at radius 2 is 1.97 bits per heavy atom. The maximum Gasteiger partial charge on any atom is 0.339 e. The summed E-state index contributed by atoms with van der Waals surface area (Å²) in [4.78, 5) is 24.3. The highest BCUT2D eigenvalue weighted by Gasteiger charge is 2.16. The van der Waals surface area contributed by atoms with E-state index in [1.165, 1.54) is 36.6 Å². The average Bonchev–Trinajstić information content (AvgIpc) is 3.20. The zero-order valence-electron chi connectivity index (χ0n) is 15.8. The highest BCUT2D eigenvalue weighted by Crippen LogP contribution is 2.23. The second-order valence-corrected chi connectivity index (χ2v) is 7.29. The number of carbonyl (C=O) groups is 2. The molecule has 0 saturated carbocycles. The molecule has 0 aliphatic rings. The van der Waals surface area contributed by atoms with Crippen LogP contribution in [0, 0.1) is 0 Å². The van der Waals surface area contributed by atoms with Crippen LogP contribution in [0.25, 0.3) is 5.69 Å². The van der Waals surface area contributed by atoms with Gasteiger partial charge in [0, 0.05) is 5.02 Å². The second kappa shape index (κ2) is 9.53. The molecular weight excluding hydrogens is 414 g/mol. The van der Waals surface area contributed by atoms with E-state index < -0.39 is 5.97 Å². The number of esters is 1. The smallest absolute Gasteiger partial charge is 0.339 e. The van der Waals surface area contributed by atoms with Crippen molar-refractivity contribution in [3.05, 3.63) is 58.6 Å². The molecule has 0 atom stereocenters. The number of amides is 1. The lowest BCUT2D eigenvalue weighted by atomic mass is 10.1. The Balaban J connectivity index is 1.69. The fraction of sp³-hybridized carbons (Fsp3) is 0.211. The summed E-state index contributed by atoms with van der Waals surface area (Å²) in [5.74, 6) is -0.858. The molecule has 1 heterocycles. The minimum atomic E-state index is -0.566. The van der Waals surface area contributed by atoms with Crippen molar-refractivity contribution in [2.45, 2.75) is 18.5 Å². The highest BCUT2D eigenvalue weighted by atomic mass is 35.5. The van der Waals surface area contributed by atoms with E-state index in [-0.39, 0.29) is 22.9 Å². The minimum Gasteiger partial charge on any atom is -0.465 e.